The second kappa shape index (κ2) is 13.5. The zero-order chi connectivity index (χ0) is 21.9. The van der Waals surface area contributed by atoms with Crippen molar-refractivity contribution in [2.24, 2.45) is 0 Å². The van der Waals surface area contributed by atoms with Gasteiger partial charge in [-0.1, -0.05) is 74.7 Å². The molecule has 2 rings (SSSR count). The minimum absolute atomic E-state index is 0. The molecule has 0 aliphatic rings. The second-order valence-corrected chi connectivity index (χ2v) is 7.41. The quantitative estimate of drug-likeness (QED) is 0.211. The molecular weight excluding hydrogens is 398 g/mol. The fourth-order valence-corrected chi connectivity index (χ4v) is 2.71. The van der Waals surface area contributed by atoms with Crippen LogP contribution in [0.4, 0.5) is 0 Å². The number of hydrogen-bond acceptors (Lipinski definition) is 3. The van der Waals surface area contributed by atoms with Crippen molar-refractivity contribution in [1.82, 2.24) is 0 Å². The molecule has 0 aliphatic heterocycles. The van der Waals surface area contributed by atoms with Crippen LogP contribution in [0.1, 0.15) is 34.8 Å². The third-order valence-electron chi connectivity index (χ3n) is 4.39. The number of esters is 1. The first-order chi connectivity index (χ1) is 13.7. The highest BCUT2D eigenvalue weighted by Crippen LogP contribution is 2.14. The number of halogens is 1. The standard InChI is InChI=1S/C19H22NO.C6H10O2.ClH/c1-4-14-20(2,3)15-16-10-12-18(13-11-16)19(21)17-8-6-5-7-9-17;1-4-5(2)6(7)8-3;/h4-13H,1,14-15H2,2-3H3;2,4H2,1,3H3;1H/q+1;;/p-1. The van der Waals surface area contributed by atoms with Crippen molar-refractivity contribution in [3.8, 4) is 0 Å². The molecule has 0 fully saturated rings. The van der Waals surface area contributed by atoms with E-state index >= 15 is 0 Å². The van der Waals surface area contributed by atoms with Crippen LogP contribution in [0.2, 0.25) is 0 Å². The minimum Gasteiger partial charge on any atom is -1.00 e. The van der Waals surface area contributed by atoms with Crippen molar-refractivity contribution in [2.75, 3.05) is 27.7 Å². The Morgan fingerprint density at radius 3 is 1.97 bits per heavy atom. The molecule has 0 saturated heterocycles. The molecule has 2 aromatic carbocycles. The first kappa shape index (κ1) is 27.3. The van der Waals surface area contributed by atoms with Crippen LogP contribution in [0.25, 0.3) is 0 Å². The molecule has 4 nitrogen and oxygen atoms in total. The summed E-state index contributed by atoms with van der Waals surface area (Å²) >= 11 is 0. The number of carbonyl (C=O) groups is 2. The number of hydrogen-bond donors (Lipinski definition) is 0. The van der Waals surface area contributed by atoms with Crippen molar-refractivity contribution < 1.29 is 31.2 Å². The van der Waals surface area contributed by atoms with Gasteiger partial charge in [-0.05, 0) is 12.5 Å². The van der Waals surface area contributed by atoms with Crippen LogP contribution in [0.15, 0.2) is 79.4 Å². The van der Waals surface area contributed by atoms with Gasteiger partial charge in [0.25, 0.3) is 0 Å². The van der Waals surface area contributed by atoms with Gasteiger partial charge >= 0.3 is 5.97 Å². The average molecular weight is 430 g/mol. The van der Waals surface area contributed by atoms with Crippen LogP contribution in [-0.4, -0.2) is 44.0 Å². The molecule has 162 valence electrons. The zero-order valence-electron chi connectivity index (χ0n) is 18.4. The molecule has 0 aliphatic carbocycles. The summed E-state index contributed by atoms with van der Waals surface area (Å²) in [6.45, 7) is 11.0. The van der Waals surface area contributed by atoms with Gasteiger partial charge in [-0.15, -0.1) is 0 Å². The predicted octanol–water partition coefficient (Wildman–Crippen LogP) is 1.81. The molecule has 0 amide bonds. The van der Waals surface area contributed by atoms with E-state index in [0.29, 0.717) is 12.0 Å². The van der Waals surface area contributed by atoms with E-state index in [2.05, 4.69) is 32.0 Å². The highest BCUT2D eigenvalue weighted by atomic mass is 35.5. The Bertz CT molecular complexity index is 813. The second-order valence-electron chi connectivity index (χ2n) is 7.41. The van der Waals surface area contributed by atoms with Crippen LogP contribution in [0.3, 0.4) is 0 Å². The highest BCUT2D eigenvalue weighted by molar-refractivity contribution is 6.08. The number of ether oxygens (including phenoxy) is 1. The number of methoxy groups -OCH3 is 1. The normalized spacial score (nSPS) is 10.0. The first-order valence-corrected chi connectivity index (χ1v) is 9.61. The molecule has 0 heterocycles. The fourth-order valence-electron chi connectivity index (χ4n) is 2.71. The van der Waals surface area contributed by atoms with Gasteiger partial charge in [-0.25, -0.2) is 4.79 Å². The monoisotopic (exact) mass is 429 g/mol. The van der Waals surface area contributed by atoms with Gasteiger partial charge in [-0.3, -0.25) is 4.79 Å². The molecule has 2 aromatic rings. The van der Waals surface area contributed by atoms with E-state index in [1.807, 2.05) is 67.6 Å². The average Bonchev–Trinajstić information content (AvgIpc) is 2.73. The van der Waals surface area contributed by atoms with Gasteiger partial charge in [-0.2, -0.15) is 0 Å². The predicted molar refractivity (Wildman–Crippen MR) is 119 cm³/mol. The van der Waals surface area contributed by atoms with Crippen LogP contribution in [-0.2, 0) is 16.1 Å². The zero-order valence-corrected chi connectivity index (χ0v) is 19.1. The molecule has 0 bridgehead atoms. The Hall–Kier alpha value is -2.69. The number of nitrogens with zero attached hydrogens (tertiary/aromatic N) is 1. The summed E-state index contributed by atoms with van der Waals surface area (Å²) in [5.74, 6) is -0.241. The summed E-state index contributed by atoms with van der Waals surface area (Å²) in [4.78, 5) is 22.7. The Morgan fingerprint density at radius 1 is 1.00 bits per heavy atom. The van der Waals surface area contributed by atoms with Gasteiger partial charge in [0.1, 0.15) is 6.54 Å². The van der Waals surface area contributed by atoms with Gasteiger partial charge < -0.3 is 21.6 Å². The summed E-state index contributed by atoms with van der Waals surface area (Å²) in [5.41, 5.74) is 3.21. The van der Waals surface area contributed by atoms with E-state index in [9.17, 15) is 9.59 Å². The van der Waals surface area contributed by atoms with Crippen molar-refractivity contribution in [3.05, 3.63) is 96.1 Å². The van der Waals surface area contributed by atoms with E-state index in [1.165, 1.54) is 12.7 Å². The summed E-state index contributed by atoms with van der Waals surface area (Å²) in [7, 11) is 5.69. The van der Waals surface area contributed by atoms with Crippen LogP contribution < -0.4 is 12.4 Å². The number of likely N-dealkylation sites (N-methyl/N-ethyl adjacent to an activating group) is 1. The van der Waals surface area contributed by atoms with Gasteiger partial charge in [0.15, 0.2) is 5.78 Å². The third kappa shape index (κ3) is 9.21. The molecule has 5 heteroatoms. The number of benzene rings is 2. The SMILES string of the molecule is C=C(CC)C(=O)OC.C=CC[N+](C)(C)Cc1ccc(C(=O)c2ccccc2)cc1.[Cl-]. The highest BCUT2D eigenvalue weighted by Gasteiger charge is 2.14. The lowest BCUT2D eigenvalue weighted by molar-refractivity contribution is -0.897. The van der Waals surface area contributed by atoms with Crippen LogP contribution in [0, 0.1) is 0 Å². The lowest BCUT2D eigenvalue weighted by atomic mass is 10.0. The Kier molecular flexibility index (Phi) is 12.3. The molecule has 0 spiro atoms. The fraction of sp³-hybridized carbons (Fsp3) is 0.280. The molecule has 0 saturated carbocycles. The maximum Gasteiger partial charge on any atom is 0.333 e. The molecule has 0 radical (unpaired) electrons. The summed E-state index contributed by atoms with van der Waals surface area (Å²) < 4.78 is 5.22. The maximum atomic E-state index is 12.3. The topological polar surface area (TPSA) is 43.4 Å². The first-order valence-electron chi connectivity index (χ1n) is 9.61. The van der Waals surface area contributed by atoms with Crippen molar-refractivity contribution in [2.45, 2.75) is 19.9 Å². The molecule has 0 N–H and O–H groups in total. The van der Waals surface area contributed by atoms with Gasteiger partial charge in [0.05, 0.1) is 27.7 Å². The van der Waals surface area contributed by atoms with Crippen molar-refractivity contribution in [1.29, 1.82) is 0 Å². The number of carbonyl (C=O) groups excluding carboxylic acids is 2. The van der Waals surface area contributed by atoms with Crippen molar-refractivity contribution >= 4 is 11.8 Å². The summed E-state index contributed by atoms with van der Waals surface area (Å²) in [6, 6.07) is 17.3. The number of quaternary nitrogens is 1. The van der Waals surface area contributed by atoms with E-state index < -0.39 is 0 Å². The lowest BCUT2D eigenvalue weighted by Crippen LogP contribution is -3.00. The Morgan fingerprint density at radius 2 is 1.53 bits per heavy atom. The lowest BCUT2D eigenvalue weighted by Gasteiger charge is -2.28. The molecule has 30 heavy (non-hydrogen) atoms. The van der Waals surface area contributed by atoms with Crippen LogP contribution in [0.5, 0.6) is 0 Å². The van der Waals surface area contributed by atoms with E-state index in [1.54, 1.807) is 0 Å². The largest absolute Gasteiger partial charge is 1.00 e. The summed E-state index contributed by atoms with van der Waals surface area (Å²) in [6.07, 6.45) is 2.60. The smallest absolute Gasteiger partial charge is 0.333 e. The maximum absolute atomic E-state index is 12.3. The molecule has 0 atom stereocenters. The molecule has 0 aromatic heterocycles. The van der Waals surface area contributed by atoms with E-state index in [0.717, 1.165) is 28.7 Å². The van der Waals surface area contributed by atoms with E-state index in [4.69, 9.17) is 0 Å². The summed E-state index contributed by atoms with van der Waals surface area (Å²) in [5, 5.41) is 0. The van der Waals surface area contributed by atoms with Crippen molar-refractivity contribution in [3.63, 3.8) is 0 Å². The van der Waals surface area contributed by atoms with Gasteiger partial charge in [0, 0.05) is 22.3 Å². The Labute approximate surface area is 186 Å². The minimum atomic E-state index is -0.312. The number of rotatable bonds is 8. The molecule has 0 unspecified atom stereocenters. The number of ketones is 1. The van der Waals surface area contributed by atoms with Gasteiger partial charge in [0.2, 0.25) is 0 Å². The van der Waals surface area contributed by atoms with E-state index in [-0.39, 0.29) is 24.2 Å². The molecular formula is C25H32ClNO3. The Balaban J connectivity index is 0.000000801. The third-order valence-corrected chi connectivity index (χ3v) is 4.39. The van der Waals surface area contributed by atoms with Crippen LogP contribution >= 0.6 is 0 Å².